The van der Waals surface area contributed by atoms with Gasteiger partial charge in [0.2, 0.25) is 0 Å². The van der Waals surface area contributed by atoms with Gasteiger partial charge in [0.25, 0.3) is 0 Å². The van der Waals surface area contributed by atoms with Crippen molar-refractivity contribution in [1.82, 2.24) is 0 Å². The van der Waals surface area contributed by atoms with Gasteiger partial charge in [-0.25, -0.2) is 0 Å². The van der Waals surface area contributed by atoms with E-state index in [1.807, 2.05) is 18.2 Å². The lowest BCUT2D eigenvalue weighted by Crippen LogP contribution is -1.86. The van der Waals surface area contributed by atoms with Crippen molar-refractivity contribution in [3.05, 3.63) is 36.2 Å². The molecule has 1 radical (unpaired) electrons. The minimum atomic E-state index is 0.821. The summed E-state index contributed by atoms with van der Waals surface area (Å²) in [7, 11) is 0. The van der Waals surface area contributed by atoms with Gasteiger partial charge in [0, 0.05) is 12.0 Å². The predicted molar refractivity (Wildman–Crippen MR) is 40.1 cm³/mol. The maximum Gasteiger partial charge on any atom is 0.122 e. The summed E-state index contributed by atoms with van der Waals surface area (Å²) >= 11 is 0. The van der Waals surface area contributed by atoms with Crippen LogP contribution in [0.3, 0.4) is 0 Å². The van der Waals surface area contributed by atoms with Crippen molar-refractivity contribution in [3.8, 4) is 5.75 Å². The summed E-state index contributed by atoms with van der Waals surface area (Å²) < 4.78 is 5.34. The molecule has 1 heterocycles. The SMILES string of the molecule is [CH2]c1cccc2c1CCO2. The van der Waals surface area contributed by atoms with Gasteiger partial charge in [-0.1, -0.05) is 12.1 Å². The summed E-state index contributed by atoms with van der Waals surface area (Å²) in [6, 6.07) is 6.00. The highest BCUT2D eigenvalue weighted by atomic mass is 16.5. The van der Waals surface area contributed by atoms with Crippen LogP contribution in [-0.2, 0) is 6.42 Å². The van der Waals surface area contributed by atoms with Crippen molar-refractivity contribution in [1.29, 1.82) is 0 Å². The Morgan fingerprint density at radius 2 is 2.30 bits per heavy atom. The summed E-state index contributed by atoms with van der Waals surface area (Å²) in [6.07, 6.45) is 1.02. The van der Waals surface area contributed by atoms with E-state index in [4.69, 9.17) is 4.74 Å². The Morgan fingerprint density at radius 1 is 1.40 bits per heavy atom. The van der Waals surface area contributed by atoms with Gasteiger partial charge in [-0.2, -0.15) is 0 Å². The molecule has 1 nitrogen and oxygen atoms in total. The van der Waals surface area contributed by atoms with Gasteiger partial charge in [0.15, 0.2) is 0 Å². The summed E-state index contributed by atoms with van der Waals surface area (Å²) in [6.45, 7) is 4.73. The number of fused-ring (bicyclic) bond motifs is 1. The molecular formula is C9H9O. The Bertz CT molecular complexity index is 253. The van der Waals surface area contributed by atoms with E-state index >= 15 is 0 Å². The van der Waals surface area contributed by atoms with E-state index in [1.54, 1.807) is 0 Å². The minimum Gasteiger partial charge on any atom is -0.493 e. The smallest absolute Gasteiger partial charge is 0.122 e. The van der Waals surface area contributed by atoms with E-state index in [2.05, 4.69) is 6.92 Å². The molecule has 0 bridgehead atoms. The topological polar surface area (TPSA) is 9.23 Å². The second-order valence-electron chi connectivity index (χ2n) is 2.49. The maximum absolute atomic E-state index is 5.34. The molecule has 0 N–H and O–H groups in total. The summed E-state index contributed by atoms with van der Waals surface area (Å²) in [4.78, 5) is 0. The fourth-order valence-electron chi connectivity index (χ4n) is 1.29. The molecule has 10 heavy (non-hydrogen) atoms. The monoisotopic (exact) mass is 133 g/mol. The average molecular weight is 133 g/mol. The van der Waals surface area contributed by atoms with Crippen LogP contribution in [0.5, 0.6) is 5.75 Å². The van der Waals surface area contributed by atoms with E-state index < -0.39 is 0 Å². The van der Waals surface area contributed by atoms with Gasteiger partial charge < -0.3 is 4.74 Å². The van der Waals surface area contributed by atoms with E-state index in [1.165, 1.54) is 5.56 Å². The van der Waals surface area contributed by atoms with Crippen molar-refractivity contribution in [2.45, 2.75) is 6.42 Å². The minimum absolute atomic E-state index is 0.821. The molecule has 51 valence electrons. The Morgan fingerprint density at radius 3 is 3.10 bits per heavy atom. The van der Waals surface area contributed by atoms with E-state index in [-0.39, 0.29) is 0 Å². The summed E-state index contributed by atoms with van der Waals surface area (Å²) in [5.74, 6) is 1.02. The third-order valence-corrected chi connectivity index (χ3v) is 1.84. The average Bonchev–Trinajstić information content (AvgIpc) is 2.36. The first-order chi connectivity index (χ1) is 4.88. The molecule has 0 aromatic heterocycles. The zero-order valence-electron chi connectivity index (χ0n) is 5.76. The maximum atomic E-state index is 5.34. The quantitative estimate of drug-likeness (QED) is 0.524. The van der Waals surface area contributed by atoms with Crippen LogP contribution in [0.1, 0.15) is 11.1 Å². The molecule has 1 heteroatoms. The van der Waals surface area contributed by atoms with Crippen LogP contribution in [0, 0.1) is 6.92 Å². The first-order valence-electron chi connectivity index (χ1n) is 3.44. The highest BCUT2D eigenvalue weighted by Crippen LogP contribution is 2.26. The molecule has 0 saturated carbocycles. The fraction of sp³-hybridized carbons (Fsp3) is 0.222. The second kappa shape index (κ2) is 2.01. The number of benzene rings is 1. The van der Waals surface area contributed by atoms with Crippen molar-refractivity contribution < 1.29 is 4.74 Å². The van der Waals surface area contributed by atoms with E-state index in [0.717, 1.165) is 24.3 Å². The third-order valence-electron chi connectivity index (χ3n) is 1.84. The second-order valence-corrected chi connectivity index (χ2v) is 2.49. The molecule has 1 aromatic carbocycles. The molecule has 0 saturated heterocycles. The highest BCUT2D eigenvalue weighted by molar-refractivity contribution is 5.43. The summed E-state index contributed by atoms with van der Waals surface area (Å²) in [5.41, 5.74) is 2.39. The van der Waals surface area contributed by atoms with Crippen LogP contribution in [0.2, 0.25) is 0 Å². The van der Waals surface area contributed by atoms with Crippen LogP contribution >= 0.6 is 0 Å². The van der Waals surface area contributed by atoms with Crippen LogP contribution in [0.15, 0.2) is 18.2 Å². The fourth-order valence-corrected chi connectivity index (χ4v) is 1.29. The Hall–Kier alpha value is -0.980. The molecule has 1 aliphatic rings. The first kappa shape index (κ1) is 5.78. The Kier molecular flexibility index (Phi) is 1.16. The van der Waals surface area contributed by atoms with Gasteiger partial charge in [0.05, 0.1) is 6.61 Å². The predicted octanol–water partition coefficient (Wildman–Crippen LogP) is 1.80. The molecule has 0 atom stereocenters. The van der Waals surface area contributed by atoms with Crippen molar-refractivity contribution in [3.63, 3.8) is 0 Å². The third kappa shape index (κ3) is 0.703. The van der Waals surface area contributed by atoms with Crippen LogP contribution < -0.4 is 4.74 Å². The van der Waals surface area contributed by atoms with Crippen molar-refractivity contribution in [2.24, 2.45) is 0 Å². The number of hydrogen-bond donors (Lipinski definition) is 0. The number of ether oxygens (including phenoxy) is 1. The zero-order valence-corrected chi connectivity index (χ0v) is 5.76. The molecule has 0 spiro atoms. The van der Waals surface area contributed by atoms with Crippen molar-refractivity contribution >= 4 is 0 Å². The lowest BCUT2D eigenvalue weighted by molar-refractivity contribution is 0.357. The van der Waals surface area contributed by atoms with Crippen molar-refractivity contribution in [2.75, 3.05) is 6.61 Å². The lowest BCUT2D eigenvalue weighted by atomic mass is 10.1. The number of rotatable bonds is 0. The van der Waals surface area contributed by atoms with Gasteiger partial charge in [-0.3, -0.25) is 0 Å². The van der Waals surface area contributed by atoms with Gasteiger partial charge in [0.1, 0.15) is 5.75 Å². The first-order valence-corrected chi connectivity index (χ1v) is 3.44. The van der Waals surface area contributed by atoms with Crippen LogP contribution in [-0.4, -0.2) is 6.61 Å². The van der Waals surface area contributed by atoms with E-state index in [0.29, 0.717) is 0 Å². The molecular weight excluding hydrogens is 124 g/mol. The highest BCUT2D eigenvalue weighted by Gasteiger charge is 2.12. The molecule has 0 amide bonds. The van der Waals surface area contributed by atoms with Gasteiger partial charge >= 0.3 is 0 Å². The lowest BCUT2D eigenvalue weighted by Gasteiger charge is -1.99. The molecule has 1 aromatic rings. The van der Waals surface area contributed by atoms with Crippen LogP contribution in [0.4, 0.5) is 0 Å². The molecule has 0 fully saturated rings. The largest absolute Gasteiger partial charge is 0.493 e. The molecule has 2 rings (SSSR count). The zero-order chi connectivity index (χ0) is 6.97. The van der Waals surface area contributed by atoms with E-state index in [9.17, 15) is 0 Å². The normalized spacial score (nSPS) is 14.5. The Balaban J connectivity index is 2.59. The molecule has 1 aliphatic heterocycles. The molecule has 0 aliphatic carbocycles. The number of hydrogen-bond acceptors (Lipinski definition) is 1. The van der Waals surface area contributed by atoms with Gasteiger partial charge in [-0.15, -0.1) is 0 Å². The molecule has 0 unspecified atom stereocenters. The Labute approximate surface area is 60.6 Å². The summed E-state index contributed by atoms with van der Waals surface area (Å²) in [5, 5.41) is 0. The van der Waals surface area contributed by atoms with Gasteiger partial charge in [-0.05, 0) is 18.6 Å². The standard InChI is InChI=1S/C9H9O/c1-7-3-2-4-9-8(7)5-6-10-9/h2-4H,1,5-6H2. The van der Waals surface area contributed by atoms with Crippen LogP contribution in [0.25, 0.3) is 0 Å².